The number of carbonyl (C=O) groups is 1. The fraction of sp³-hybridized carbons (Fsp3) is 0.286. The molecule has 2 aromatic rings. The van der Waals surface area contributed by atoms with Gasteiger partial charge >= 0.3 is 5.97 Å². The highest BCUT2D eigenvalue weighted by atomic mass is 16.4. The van der Waals surface area contributed by atoms with Gasteiger partial charge in [0.25, 0.3) is 0 Å². The van der Waals surface area contributed by atoms with Crippen molar-refractivity contribution in [2.75, 3.05) is 0 Å². The molecule has 1 heterocycles. The zero-order chi connectivity index (χ0) is 13.4. The molecule has 4 nitrogen and oxygen atoms in total. The molecular weight excluding hydrogens is 228 g/mol. The van der Waals surface area contributed by atoms with E-state index in [-0.39, 0.29) is 5.69 Å². The van der Waals surface area contributed by atoms with E-state index in [1.807, 2.05) is 43.7 Å². The lowest BCUT2D eigenvalue weighted by atomic mass is 10.0. The van der Waals surface area contributed by atoms with E-state index in [1.54, 1.807) is 6.92 Å². The molecule has 1 aromatic heterocycles. The topological polar surface area (TPSA) is 55.1 Å². The molecule has 0 unspecified atom stereocenters. The molecule has 1 N–H and O–H groups in total. The average Bonchev–Trinajstić information content (AvgIpc) is 2.60. The summed E-state index contributed by atoms with van der Waals surface area (Å²) >= 11 is 0. The summed E-state index contributed by atoms with van der Waals surface area (Å²) in [6.45, 7) is 5.85. The summed E-state index contributed by atoms with van der Waals surface area (Å²) in [6.07, 6.45) is 0. The van der Waals surface area contributed by atoms with Gasteiger partial charge in [-0.1, -0.05) is 12.1 Å². The SMILES string of the molecule is Cc1ccc(-c2c(C(=O)O)nc(C)n2C)cc1C. The summed E-state index contributed by atoms with van der Waals surface area (Å²) in [7, 11) is 1.83. The number of carboxylic acids is 1. The lowest BCUT2D eigenvalue weighted by Crippen LogP contribution is -2.01. The number of hydrogen-bond donors (Lipinski definition) is 1. The minimum Gasteiger partial charge on any atom is -0.476 e. The van der Waals surface area contributed by atoms with Crippen molar-refractivity contribution in [3.05, 3.63) is 40.8 Å². The molecular formula is C14H16N2O2. The molecule has 0 bridgehead atoms. The van der Waals surface area contributed by atoms with Crippen LogP contribution in [0, 0.1) is 20.8 Å². The largest absolute Gasteiger partial charge is 0.476 e. The highest BCUT2D eigenvalue weighted by Gasteiger charge is 2.19. The molecule has 0 spiro atoms. The minimum atomic E-state index is -0.994. The van der Waals surface area contributed by atoms with Crippen LogP contribution in [-0.4, -0.2) is 20.6 Å². The minimum absolute atomic E-state index is 0.109. The molecule has 0 saturated heterocycles. The van der Waals surface area contributed by atoms with Crippen molar-refractivity contribution in [3.63, 3.8) is 0 Å². The second-order valence-corrected chi connectivity index (χ2v) is 4.52. The van der Waals surface area contributed by atoms with Gasteiger partial charge in [0.2, 0.25) is 0 Å². The molecule has 0 aliphatic heterocycles. The Kier molecular flexibility index (Phi) is 2.95. The third kappa shape index (κ3) is 1.90. The first-order chi connectivity index (χ1) is 8.41. The van der Waals surface area contributed by atoms with Crippen LogP contribution < -0.4 is 0 Å². The van der Waals surface area contributed by atoms with Crippen molar-refractivity contribution in [2.24, 2.45) is 7.05 Å². The molecule has 0 aliphatic rings. The predicted octanol–water partition coefficient (Wildman–Crippen LogP) is 2.71. The first-order valence-corrected chi connectivity index (χ1v) is 5.76. The molecule has 0 atom stereocenters. The summed E-state index contributed by atoms with van der Waals surface area (Å²) in [4.78, 5) is 15.3. The molecule has 94 valence electrons. The summed E-state index contributed by atoms with van der Waals surface area (Å²) < 4.78 is 1.81. The van der Waals surface area contributed by atoms with E-state index in [0.717, 1.165) is 11.1 Å². The number of aromatic carboxylic acids is 1. The van der Waals surface area contributed by atoms with Gasteiger partial charge in [-0.3, -0.25) is 0 Å². The Balaban J connectivity index is 2.69. The molecule has 0 amide bonds. The second kappa shape index (κ2) is 4.29. The van der Waals surface area contributed by atoms with Gasteiger partial charge in [0.15, 0.2) is 5.69 Å². The van der Waals surface area contributed by atoms with Gasteiger partial charge in [0.05, 0.1) is 5.69 Å². The lowest BCUT2D eigenvalue weighted by Gasteiger charge is -2.08. The van der Waals surface area contributed by atoms with E-state index in [2.05, 4.69) is 4.98 Å². The van der Waals surface area contributed by atoms with Crippen molar-refractivity contribution in [1.29, 1.82) is 0 Å². The maximum atomic E-state index is 11.2. The van der Waals surface area contributed by atoms with E-state index in [4.69, 9.17) is 0 Å². The van der Waals surface area contributed by atoms with Crippen LogP contribution in [0.5, 0.6) is 0 Å². The summed E-state index contributed by atoms with van der Waals surface area (Å²) in [5, 5.41) is 9.21. The summed E-state index contributed by atoms with van der Waals surface area (Å²) in [6, 6.07) is 5.93. The number of carboxylic acid groups (broad SMARTS) is 1. The van der Waals surface area contributed by atoms with E-state index < -0.39 is 5.97 Å². The summed E-state index contributed by atoms with van der Waals surface area (Å²) in [5.41, 5.74) is 3.98. The number of benzene rings is 1. The van der Waals surface area contributed by atoms with E-state index in [1.165, 1.54) is 5.56 Å². The van der Waals surface area contributed by atoms with Crippen molar-refractivity contribution in [2.45, 2.75) is 20.8 Å². The van der Waals surface area contributed by atoms with Crippen molar-refractivity contribution in [1.82, 2.24) is 9.55 Å². The average molecular weight is 244 g/mol. The highest BCUT2D eigenvalue weighted by Crippen LogP contribution is 2.26. The maximum absolute atomic E-state index is 11.2. The van der Waals surface area contributed by atoms with Crippen LogP contribution in [0.1, 0.15) is 27.4 Å². The van der Waals surface area contributed by atoms with E-state index in [9.17, 15) is 9.90 Å². The van der Waals surface area contributed by atoms with Crippen LogP contribution in [0.15, 0.2) is 18.2 Å². The van der Waals surface area contributed by atoms with Gasteiger partial charge < -0.3 is 9.67 Å². The van der Waals surface area contributed by atoms with Crippen LogP contribution in [0.2, 0.25) is 0 Å². The summed E-state index contributed by atoms with van der Waals surface area (Å²) in [5.74, 6) is -0.299. The fourth-order valence-electron chi connectivity index (χ4n) is 1.98. The third-order valence-corrected chi connectivity index (χ3v) is 3.30. The third-order valence-electron chi connectivity index (χ3n) is 3.30. The lowest BCUT2D eigenvalue weighted by molar-refractivity contribution is 0.0692. The molecule has 0 fully saturated rings. The van der Waals surface area contributed by atoms with Crippen molar-refractivity contribution < 1.29 is 9.90 Å². The number of hydrogen-bond acceptors (Lipinski definition) is 2. The van der Waals surface area contributed by atoms with Crippen LogP contribution >= 0.6 is 0 Å². The monoisotopic (exact) mass is 244 g/mol. The van der Waals surface area contributed by atoms with Crippen molar-refractivity contribution >= 4 is 5.97 Å². The Hall–Kier alpha value is -2.10. The molecule has 18 heavy (non-hydrogen) atoms. The van der Waals surface area contributed by atoms with Crippen LogP contribution in [0.25, 0.3) is 11.3 Å². The smallest absolute Gasteiger partial charge is 0.356 e. The number of aromatic nitrogens is 2. The Bertz CT molecular complexity index is 627. The first-order valence-electron chi connectivity index (χ1n) is 5.76. The zero-order valence-electron chi connectivity index (χ0n) is 11.0. The Morgan fingerprint density at radius 2 is 1.89 bits per heavy atom. The van der Waals surface area contributed by atoms with Gasteiger partial charge in [-0.15, -0.1) is 0 Å². The molecule has 2 rings (SSSR count). The highest BCUT2D eigenvalue weighted by molar-refractivity contribution is 5.93. The van der Waals surface area contributed by atoms with Crippen LogP contribution in [0.3, 0.4) is 0 Å². The van der Waals surface area contributed by atoms with Gasteiger partial charge in [-0.25, -0.2) is 9.78 Å². The first kappa shape index (κ1) is 12.4. The maximum Gasteiger partial charge on any atom is 0.356 e. The number of aryl methyl sites for hydroxylation is 3. The molecule has 0 saturated carbocycles. The van der Waals surface area contributed by atoms with Crippen LogP contribution in [0.4, 0.5) is 0 Å². The fourth-order valence-corrected chi connectivity index (χ4v) is 1.98. The van der Waals surface area contributed by atoms with Gasteiger partial charge in [0.1, 0.15) is 5.82 Å². The Labute approximate surface area is 106 Å². The molecule has 0 radical (unpaired) electrons. The quantitative estimate of drug-likeness (QED) is 0.883. The zero-order valence-corrected chi connectivity index (χ0v) is 11.0. The predicted molar refractivity (Wildman–Crippen MR) is 69.8 cm³/mol. The normalized spacial score (nSPS) is 10.7. The van der Waals surface area contributed by atoms with Gasteiger partial charge in [-0.05, 0) is 38.0 Å². The Morgan fingerprint density at radius 1 is 1.22 bits per heavy atom. The van der Waals surface area contributed by atoms with Crippen LogP contribution in [-0.2, 0) is 7.05 Å². The molecule has 1 aromatic carbocycles. The number of rotatable bonds is 2. The van der Waals surface area contributed by atoms with Gasteiger partial charge in [-0.2, -0.15) is 0 Å². The van der Waals surface area contributed by atoms with Crippen molar-refractivity contribution in [3.8, 4) is 11.3 Å². The van der Waals surface area contributed by atoms with Gasteiger partial charge in [0, 0.05) is 12.6 Å². The molecule has 4 heteroatoms. The molecule has 0 aliphatic carbocycles. The van der Waals surface area contributed by atoms with E-state index in [0.29, 0.717) is 11.5 Å². The second-order valence-electron chi connectivity index (χ2n) is 4.52. The standard InChI is InChI=1S/C14H16N2O2/c1-8-5-6-11(7-9(8)2)13-12(14(17)18)15-10(3)16(13)4/h5-7H,1-4H3,(H,17,18). The number of nitrogens with zero attached hydrogens (tertiary/aromatic N) is 2. The Morgan fingerprint density at radius 3 is 2.44 bits per heavy atom. The number of imidazole rings is 1. The van der Waals surface area contributed by atoms with E-state index >= 15 is 0 Å².